The van der Waals surface area contributed by atoms with Crippen molar-refractivity contribution in [2.75, 3.05) is 19.8 Å². The fourth-order valence-electron chi connectivity index (χ4n) is 2.57. The van der Waals surface area contributed by atoms with Gasteiger partial charge in [0.1, 0.15) is 5.82 Å². The molecule has 114 valence electrons. The summed E-state index contributed by atoms with van der Waals surface area (Å²) in [6, 6.07) is 13.3. The first-order chi connectivity index (χ1) is 10.6. The van der Waals surface area contributed by atoms with Gasteiger partial charge in [0.15, 0.2) is 0 Å². The molecule has 1 fully saturated rings. The highest BCUT2D eigenvalue weighted by molar-refractivity contribution is 9.10. The number of hydrogen-bond acceptors (Lipinski definition) is 2. The van der Waals surface area contributed by atoms with Crippen LogP contribution in [0.1, 0.15) is 22.0 Å². The highest BCUT2D eigenvalue weighted by Crippen LogP contribution is 2.26. The first-order valence-corrected chi connectivity index (χ1v) is 7.84. The maximum absolute atomic E-state index is 13.1. The van der Waals surface area contributed by atoms with Crippen molar-refractivity contribution < 1.29 is 13.9 Å². The molecule has 0 radical (unpaired) electrons. The van der Waals surface area contributed by atoms with Gasteiger partial charge in [-0.3, -0.25) is 4.79 Å². The standard InChI is InChI=1S/C17H15BrFNO2/c18-14-5-1-13(2-6-14)17(21)20-9-10-22-11-16(20)12-3-7-15(19)8-4-12/h1-8,16H,9-11H2. The second-order valence-corrected chi connectivity index (χ2v) is 6.06. The van der Waals surface area contributed by atoms with Crippen molar-refractivity contribution >= 4 is 21.8 Å². The first kappa shape index (κ1) is 15.2. The molecule has 1 unspecified atom stereocenters. The second-order valence-electron chi connectivity index (χ2n) is 5.15. The number of hydrogen-bond donors (Lipinski definition) is 0. The van der Waals surface area contributed by atoms with Crippen molar-refractivity contribution in [2.45, 2.75) is 6.04 Å². The van der Waals surface area contributed by atoms with E-state index in [0.29, 0.717) is 25.3 Å². The highest BCUT2D eigenvalue weighted by Gasteiger charge is 2.29. The van der Waals surface area contributed by atoms with E-state index in [2.05, 4.69) is 15.9 Å². The zero-order valence-electron chi connectivity index (χ0n) is 11.8. The molecule has 1 atom stereocenters. The Bertz CT molecular complexity index is 657. The van der Waals surface area contributed by atoms with Crippen LogP contribution in [-0.2, 0) is 4.74 Å². The van der Waals surface area contributed by atoms with Crippen molar-refractivity contribution in [3.05, 3.63) is 69.9 Å². The Morgan fingerprint density at radius 1 is 1.14 bits per heavy atom. The number of ether oxygens (including phenoxy) is 1. The van der Waals surface area contributed by atoms with Crippen LogP contribution in [0.15, 0.2) is 53.0 Å². The predicted octanol–water partition coefficient (Wildman–Crippen LogP) is 3.80. The molecule has 1 heterocycles. The van der Waals surface area contributed by atoms with Gasteiger partial charge < -0.3 is 9.64 Å². The molecule has 0 bridgehead atoms. The maximum atomic E-state index is 13.1. The normalized spacial score (nSPS) is 18.3. The fraction of sp³-hybridized carbons (Fsp3) is 0.235. The van der Waals surface area contributed by atoms with Gasteiger partial charge in [-0.15, -0.1) is 0 Å². The van der Waals surface area contributed by atoms with E-state index in [4.69, 9.17) is 4.74 Å². The van der Waals surface area contributed by atoms with E-state index < -0.39 is 0 Å². The van der Waals surface area contributed by atoms with Gasteiger partial charge in [0.05, 0.1) is 19.3 Å². The van der Waals surface area contributed by atoms with Crippen molar-refractivity contribution in [1.29, 1.82) is 0 Å². The number of benzene rings is 2. The lowest BCUT2D eigenvalue weighted by Crippen LogP contribution is -2.43. The second kappa shape index (κ2) is 6.58. The predicted molar refractivity (Wildman–Crippen MR) is 85.1 cm³/mol. The molecule has 0 N–H and O–H groups in total. The molecule has 0 spiro atoms. The number of carbonyl (C=O) groups is 1. The van der Waals surface area contributed by atoms with Gasteiger partial charge in [-0.25, -0.2) is 4.39 Å². The first-order valence-electron chi connectivity index (χ1n) is 7.05. The molecule has 1 amide bonds. The zero-order valence-corrected chi connectivity index (χ0v) is 13.4. The third-order valence-corrected chi connectivity index (χ3v) is 4.26. The van der Waals surface area contributed by atoms with Crippen molar-refractivity contribution in [3.63, 3.8) is 0 Å². The SMILES string of the molecule is O=C(c1ccc(Br)cc1)N1CCOCC1c1ccc(F)cc1. The Balaban J connectivity index is 1.87. The average Bonchev–Trinajstić information content (AvgIpc) is 2.56. The van der Waals surface area contributed by atoms with E-state index in [-0.39, 0.29) is 17.8 Å². The van der Waals surface area contributed by atoms with E-state index in [1.54, 1.807) is 29.2 Å². The molecule has 1 saturated heterocycles. The molecular weight excluding hydrogens is 349 g/mol. The van der Waals surface area contributed by atoms with Crippen LogP contribution in [0.4, 0.5) is 4.39 Å². The quantitative estimate of drug-likeness (QED) is 0.811. The fourth-order valence-corrected chi connectivity index (χ4v) is 2.83. The summed E-state index contributed by atoms with van der Waals surface area (Å²) in [5.41, 5.74) is 1.52. The Morgan fingerprint density at radius 3 is 2.50 bits per heavy atom. The Morgan fingerprint density at radius 2 is 1.82 bits per heavy atom. The van der Waals surface area contributed by atoms with Crippen LogP contribution >= 0.6 is 15.9 Å². The number of nitrogens with zero attached hydrogens (tertiary/aromatic N) is 1. The molecule has 0 saturated carbocycles. The molecule has 0 aliphatic carbocycles. The highest BCUT2D eigenvalue weighted by atomic mass is 79.9. The minimum atomic E-state index is -0.286. The topological polar surface area (TPSA) is 29.5 Å². The van der Waals surface area contributed by atoms with E-state index in [1.165, 1.54) is 12.1 Å². The van der Waals surface area contributed by atoms with Crippen molar-refractivity contribution in [1.82, 2.24) is 4.90 Å². The Kier molecular flexibility index (Phi) is 4.55. The summed E-state index contributed by atoms with van der Waals surface area (Å²) in [7, 11) is 0. The molecule has 1 aliphatic heterocycles. The van der Waals surface area contributed by atoms with Crippen LogP contribution in [0, 0.1) is 5.82 Å². The smallest absolute Gasteiger partial charge is 0.254 e. The Hall–Kier alpha value is -1.72. The summed E-state index contributed by atoms with van der Waals surface area (Å²) in [6.07, 6.45) is 0. The van der Waals surface area contributed by atoms with Crippen LogP contribution in [0.3, 0.4) is 0 Å². The van der Waals surface area contributed by atoms with Crippen LogP contribution in [0.2, 0.25) is 0 Å². The molecule has 3 nitrogen and oxygen atoms in total. The maximum Gasteiger partial charge on any atom is 0.254 e. The molecule has 2 aromatic rings. The monoisotopic (exact) mass is 363 g/mol. The number of carbonyl (C=O) groups excluding carboxylic acids is 1. The third kappa shape index (κ3) is 3.20. The van der Waals surface area contributed by atoms with E-state index in [9.17, 15) is 9.18 Å². The largest absolute Gasteiger partial charge is 0.377 e. The van der Waals surface area contributed by atoms with Crippen LogP contribution in [0.5, 0.6) is 0 Å². The van der Waals surface area contributed by atoms with Crippen molar-refractivity contribution in [3.8, 4) is 0 Å². The summed E-state index contributed by atoms with van der Waals surface area (Å²) < 4.78 is 19.5. The van der Waals surface area contributed by atoms with Gasteiger partial charge in [-0.2, -0.15) is 0 Å². The summed E-state index contributed by atoms with van der Waals surface area (Å²) in [4.78, 5) is 14.5. The number of amides is 1. The molecule has 3 rings (SSSR count). The summed E-state index contributed by atoms with van der Waals surface area (Å²) in [5, 5.41) is 0. The lowest BCUT2D eigenvalue weighted by molar-refractivity contribution is -0.00271. The van der Waals surface area contributed by atoms with Gasteiger partial charge in [0.2, 0.25) is 0 Å². The average molecular weight is 364 g/mol. The van der Waals surface area contributed by atoms with Crippen LogP contribution < -0.4 is 0 Å². The molecule has 1 aliphatic rings. The summed E-state index contributed by atoms with van der Waals surface area (Å²) >= 11 is 3.37. The lowest BCUT2D eigenvalue weighted by Gasteiger charge is -2.36. The molecular formula is C17H15BrFNO2. The molecule has 22 heavy (non-hydrogen) atoms. The van der Waals surface area contributed by atoms with Crippen LogP contribution in [0.25, 0.3) is 0 Å². The summed E-state index contributed by atoms with van der Waals surface area (Å²) in [6.45, 7) is 1.46. The van der Waals surface area contributed by atoms with E-state index in [0.717, 1.165) is 10.0 Å². The molecule has 2 aromatic carbocycles. The number of morpholine rings is 1. The molecule has 0 aromatic heterocycles. The third-order valence-electron chi connectivity index (χ3n) is 3.74. The van der Waals surface area contributed by atoms with Gasteiger partial charge in [-0.1, -0.05) is 28.1 Å². The number of halogens is 2. The van der Waals surface area contributed by atoms with E-state index in [1.807, 2.05) is 12.1 Å². The van der Waals surface area contributed by atoms with Crippen LogP contribution in [-0.4, -0.2) is 30.6 Å². The molecule has 5 heteroatoms. The minimum absolute atomic E-state index is 0.0369. The van der Waals surface area contributed by atoms with Gasteiger partial charge in [0.25, 0.3) is 5.91 Å². The zero-order chi connectivity index (χ0) is 15.5. The van der Waals surface area contributed by atoms with E-state index >= 15 is 0 Å². The lowest BCUT2D eigenvalue weighted by atomic mass is 10.0. The van der Waals surface area contributed by atoms with Gasteiger partial charge >= 0.3 is 0 Å². The van der Waals surface area contributed by atoms with Crippen molar-refractivity contribution in [2.24, 2.45) is 0 Å². The Labute approximate surface area is 136 Å². The van der Waals surface area contributed by atoms with Gasteiger partial charge in [0, 0.05) is 16.6 Å². The summed E-state index contributed by atoms with van der Waals surface area (Å²) in [5.74, 6) is -0.323. The van der Waals surface area contributed by atoms with Gasteiger partial charge in [-0.05, 0) is 42.0 Å². The minimum Gasteiger partial charge on any atom is -0.377 e. The number of rotatable bonds is 2.